The van der Waals surface area contributed by atoms with Gasteiger partial charge in [0.05, 0.1) is 18.9 Å². The lowest BCUT2D eigenvalue weighted by Crippen LogP contribution is -2.31. The number of carbonyl (C=O) groups excluding carboxylic acids is 1. The van der Waals surface area contributed by atoms with Crippen molar-refractivity contribution in [3.8, 4) is 0 Å². The molecule has 2 N–H and O–H groups in total. The van der Waals surface area contributed by atoms with Gasteiger partial charge in [-0.1, -0.05) is 54.1 Å². The lowest BCUT2D eigenvalue weighted by Gasteiger charge is -2.18. The van der Waals surface area contributed by atoms with Crippen LogP contribution in [0.5, 0.6) is 0 Å². The summed E-state index contributed by atoms with van der Waals surface area (Å²) in [7, 11) is 0. The molecule has 0 aromatic heterocycles. The number of amides is 1. The summed E-state index contributed by atoms with van der Waals surface area (Å²) < 4.78 is 0. The minimum atomic E-state index is -0.939. The molecule has 0 saturated heterocycles. The van der Waals surface area contributed by atoms with Gasteiger partial charge in [0.25, 0.3) is 0 Å². The number of nitrogens with one attached hydrogen (secondary N) is 1. The summed E-state index contributed by atoms with van der Waals surface area (Å²) >= 11 is 0. The molecule has 1 amide bonds. The zero-order chi connectivity index (χ0) is 16.8. The summed E-state index contributed by atoms with van der Waals surface area (Å²) in [6, 6.07) is 14.6. The average molecular weight is 311 g/mol. The summed E-state index contributed by atoms with van der Waals surface area (Å²) in [5.41, 5.74) is 3.91. The fraction of sp³-hybridized carbons (Fsp3) is 0.263. The van der Waals surface area contributed by atoms with E-state index in [0.29, 0.717) is 0 Å². The first-order chi connectivity index (χ1) is 11.0. The summed E-state index contributed by atoms with van der Waals surface area (Å²) in [4.78, 5) is 23.4. The van der Waals surface area contributed by atoms with Gasteiger partial charge >= 0.3 is 5.97 Å². The number of benzene rings is 2. The summed E-state index contributed by atoms with van der Waals surface area (Å²) in [5.74, 6) is -1.11. The molecule has 0 bridgehead atoms. The van der Waals surface area contributed by atoms with Gasteiger partial charge in [-0.2, -0.15) is 0 Å². The maximum atomic E-state index is 12.3. The average Bonchev–Trinajstić information content (AvgIpc) is 2.51. The first-order valence-corrected chi connectivity index (χ1v) is 7.58. The summed E-state index contributed by atoms with van der Waals surface area (Å²) in [5, 5.41) is 11.9. The second kappa shape index (κ2) is 7.58. The quantitative estimate of drug-likeness (QED) is 0.861. The van der Waals surface area contributed by atoms with Crippen LogP contribution in [0, 0.1) is 13.8 Å². The molecule has 1 unspecified atom stereocenters. The fourth-order valence-electron chi connectivity index (χ4n) is 2.52. The molecule has 0 fully saturated rings. The van der Waals surface area contributed by atoms with Crippen molar-refractivity contribution < 1.29 is 14.7 Å². The SMILES string of the molecule is Cc1ccc(C)c(CC(=O)NC(CC(=O)O)c2ccccc2)c1. The molecule has 1 atom stereocenters. The lowest BCUT2D eigenvalue weighted by molar-refractivity contribution is -0.137. The number of rotatable bonds is 6. The van der Waals surface area contributed by atoms with Crippen LogP contribution in [-0.4, -0.2) is 17.0 Å². The van der Waals surface area contributed by atoms with Gasteiger partial charge in [0.1, 0.15) is 0 Å². The van der Waals surface area contributed by atoms with Crippen LogP contribution in [-0.2, 0) is 16.0 Å². The van der Waals surface area contributed by atoms with E-state index in [4.69, 9.17) is 5.11 Å². The molecule has 2 aromatic carbocycles. The number of carboxylic acids is 1. The van der Waals surface area contributed by atoms with Gasteiger partial charge in [0.2, 0.25) is 5.91 Å². The second-order valence-corrected chi connectivity index (χ2v) is 5.74. The van der Waals surface area contributed by atoms with Crippen LogP contribution in [0.1, 0.15) is 34.7 Å². The van der Waals surface area contributed by atoms with E-state index in [1.54, 1.807) is 0 Å². The predicted octanol–water partition coefficient (Wildman–Crippen LogP) is 3.18. The topological polar surface area (TPSA) is 66.4 Å². The Hall–Kier alpha value is -2.62. The highest BCUT2D eigenvalue weighted by Gasteiger charge is 2.18. The molecule has 0 radical (unpaired) electrons. The molecule has 2 aromatic rings. The molecule has 0 aliphatic heterocycles. The first-order valence-electron chi connectivity index (χ1n) is 7.58. The fourth-order valence-corrected chi connectivity index (χ4v) is 2.52. The molecule has 120 valence electrons. The van der Waals surface area contributed by atoms with Crippen molar-refractivity contribution in [1.82, 2.24) is 5.32 Å². The Morgan fingerprint density at radius 2 is 1.78 bits per heavy atom. The number of hydrogen-bond donors (Lipinski definition) is 2. The Bertz CT molecular complexity index is 695. The lowest BCUT2D eigenvalue weighted by atomic mass is 10.0. The molecule has 0 aliphatic carbocycles. The second-order valence-electron chi connectivity index (χ2n) is 5.74. The molecule has 0 heterocycles. The van der Waals surface area contributed by atoms with Gasteiger partial charge in [0, 0.05) is 0 Å². The monoisotopic (exact) mass is 311 g/mol. The Kier molecular flexibility index (Phi) is 5.52. The van der Waals surface area contributed by atoms with E-state index in [9.17, 15) is 9.59 Å². The molecule has 4 nitrogen and oxygen atoms in total. The van der Waals surface area contributed by atoms with E-state index in [2.05, 4.69) is 5.32 Å². The van der Waals surface area contributed by atoms with Gasteiger partial charge in [-0.3, -0.25) is 9.59 Å². The van der Waals surface area contributed by atoms with E-state index < -0.39 is 12.0 Å². The highest BCUT2D eigenvalue weighted by atomic mass is 16.4. The maximum absolute atomic E-state index is 12.3. The van der Waals surface area contributed by atoms with Crippen LogP contribution in [0.15, 0.2) is 48.5 Å². The predicted molar refractivity (Wildman–Crippen MR) is 89.2 cm³/mol. The van der Waals surface area contributed by atoms with Crippen LogP contribution in [0.25, 0.3) is 0 Å². The molecular weight excluding hydrogens is 290 g/mol. The molecule has 0 spiro atoms. The zero-order valence-corrected chi connectivity index (χ0v) is 13.4. The van der Waals surface area contributed by atoms with E-state index in [0.717, 1.165) is 22.3 Å². The van der Waals surface area contributed by atoms with E-state index in [1.165, 1.54) is 0 Å². The number of carbonyl (C=O) groups is 2. The van der Waals surface area contributed by atoms with Crippen LogP contribution >= 0.6 is 0 Å². The van der Waals surface area contributed by atoms with Gasteiger partial charge in [0.15, 0.2) is 0 Å². The van der Waals surface area contributed by atoms with Crippen molar-refractivity contribution in [3.05, 3.63) is 70.8 Å². The highest BCUT2D eigenvalue weighted by Crippen LogP contribution is 2.17. The van der Waals surface area contributed by atoms with Gasteiger partial charge in [-0.05, 0) is 30.5 Å². The van der Waals surface area contributed by atoms with Crippen molar-refractivity contribution in [3.63, 3.8) is 0 Å². The Morgan fingerprint density at radius 3 is 2.43 bits per heavy atom. The van der Waals surface area contributed by atoms with E-state index >= 15 is 0 Å². The van der Waals surface area contributed by atoms with Crippen LogP contribution in [0.2, 0.25) is 0 Å². The van der Waals surface area contributed by atoms with Gasteiger partial charge in [-0.15, -0.1) is 0 Å². The zero-order valence-electron chi connectivity index (χ0n) is 13.4. The molecule has 4 heteroatoms. The Balaban J connectivity index is 2.11. The van der Waals surface area contributed by atoms with Crippen LogP contribution in [0.4, 0.5) is 0 Å². The Morgan fingerprint density at radius 1 is 1.09 bits per heavy atom. The van der Waals surface area contributed by atoms with E-state index in [1.807, 2.05) is 62.4 Å². The van der Waals surface area contributed by atoms with Crippen molar-refractivity contribution in [2.75, 3.05) is 0 Å². The molecular formula is C19H21NO3. The number of hydrogen-bond acceptors (Lipinski definition) is 2. The molecule has 0 aliphatic rings. The number of aryl methyl sites for hydroxylation is 2. The Labute approximate surface area is 136 Å². The van der Waals surface area contributed by atoms with Crippen molar-refractivity contribution in [2.24, 2.45) is 0 Å². The van der Waals surface area contributed by atoms with Crippen LogP contribution < -0.4 is 5.32 Å². The molecule has 0 saturated carbocycles. The van der Waals surface area contributed by atoms with Crippen molar-refractivity contribution >= 4 is 11.9 Å². The summed E-state index contributed by atoms with van der Waals surface area (Å²) in [6.45, 7) is 3.95. The molecule has 2 rings (SSSR count). The first kappa shape index (κ1) is 16.7. The van der Waals surface area contributed by atoms with Crippen molar-refractivity contribution in [1.29, 1.82) is 0 Å². The minimum absolute atomic E-state index is 0.136. The third kappa shape index (κ3) is 4.95. The summed E-state index contributed by atoms with van der Waals surface area (Å²) in [6.07, 6.45) is 0.110. The normalized spacial score (nSPS) is 11.7. The van der Waals surface area contributed by atoms with Crippen LogP contribution in [0.3, 0.4) is 0 Å². The standard InChI is InChI=1S/C19H21NO3/c1-13-8-9-14(2)16(10-13)11-18(21)20-17(12-19(22)23)15-6-4-3-5-7-15/h3-10,17H,11-12H2,1-2H3,(H,20,21)(H,22,23). The minimum Gasteiger partial charge on any atom is -0.481 e. The maximum Gasteiger partial charge on any atom is 0.305 e. The van der Waals surface area contributed by atoms with Gasteiger partial charge in [-0.25, -0.2) is 0 Å². The molecule has 23 heavy (non-hydrogen) atoms. The van der Waals surface area contributed by atoms with E-state index in [-0.39, 0.29) is 18.7 Å². The highest BCUT2D eigenvalue weighted by molar-refractivity contribution is 5.80. The third-order valence-electron chi connectivity index (χ3n) is 3.77. The largest absolute Gasteiger partial charge is 0.481 e. The number of aliphatic carboxylic acids is 1. The smallest absolute Gasteiger partial charge is 0.305 e. The third-order valence-corrected chi connectivity index (χ3v) is 3.77. The van der Waals surface area contributed by atoms with Gasteiger partial charge < -0.3 is 10.4 Å². The number of carboxylic acid groups (broad SMARTS) is 1. The van der Waals surface area contributed by atoms with Crippen molar-refractivity contribution in [2.45, 2.75) is 32.7 Å².